The first-order chi connectivity index (χ1) is 11.3. The molecule has 0 saturated carbocycles. The summed E-state index contributed by atoms with van der Waals surface area (Å²) < 4.78 is 10.7. The van der Waals surface area contributed by atoms with Gasteiger partial charge in [-0.2, -0.15) is 0 Å². The number of hydrogen-bond donors (Lipinski definition) is 2. The van der Waals surface area contributed by atoms with Crippen LogP contribution in [0.5, 0.6) is 5.75 Å². The summed E-state index contributed by atoms with van der Waals surface area (Å²) in [6, 6.07) is 11.9. The number of nitrogens with one attached hydrogen (secondary N) is 2. The SMILES string of the molecule is CCNC(=NCCc1ccco1)NCCc1ccccc1OC. The standard InChI is InChI=1S/C18H25N3O2/c1-3-19-18(21-13-11-16-8-6-14-23-16)20-12-10-15-7-4-5-9-17(15)22-2/h4-9,14H,3,10-13H2,1-2H3,(H2,19,20,21). The van der Waals surface area contributed by atoms with Crippen molar-refractivity contribution in [3.8, 4) is 5.75 Å². The lowest BCUT2D eigenvalue weighted by molar-refractivity contribution is 0.409. The van der Waals surface area contributed by atoms with Crippen molar-refractivity contribution in [1.82, 2.24) is 10.6 Å². The molecule has 5 heteroatoms. The summed E-state index contributed by atoms with van der Waals surface area (Å²) in [5.41, 5.74) is 1.19. The molecule has 5 nitrogen and oxygen atoms in total. The molecule has 0 aliphatic carbocycles. The maximum Gasteiger partial charge on any atom is 0.191 e. The zero-order valence-corrected chi connectivity index (χ0v) is 13.8. The first kappa shape index (κ1) is 16.9. The van der Waals surface area contributed by atoms with Gasteiger partial charge in [-0.15, -0.1) is 0 Å². The Hall–Kier alpha value is -2.43. The van der Waals surface area contributed by atoms with E-state index in [2.05, 4.69) is 28.6 Å². The van der Waals surface area contributed by atoms with E-state index in [0.717, 1.165) is 43.4 Å². The number of methoxy groups -OCH3 is 1. The third kappa shape index (κ3) is 5.70. The molecule has 0 radical (unpaired) electrons. The molecule has 0 fully saturated rings. The Bertz CT molecular complexity index is 594. The molecule has 0 aliphatic heterocycles. The number of benzene rings is 1. The van der Waals surface area contributed by atoms with E-state index in [0.29, 0.717) is 6.54 Å². The molecule has 23 heavy (non-hydrogen) atoms. The molecular formula is C18H25N3O2. The van der Waals surface area contributed by atoms with E-state index >= 15 is 0 Å². The Morgan fingerprint density at radius 1 is 1.13 bits per heavy atom. The lowest BCUT2D eigenvalue weighted by Gasteiger charge is -2.12. The molecule has 1 heterocycles. The maximum absolute atomic E-state index is 5.37. The van der Waals surface area contributed by atoms with Gasteiger partial charge < -0.3 is 19.8 Å². The van der Waals surface area contributed by atoms with Crippen molar-refractivity contribution in [2.24, 2.45) is 4.99 Å². The van der Waals surface area contributed by atoms with Crippen molar-refractivity contribution in [2.45, 2.75) is 19.8 Å². The minimum Gasteiger partial charge on any atom is -0.496 e. The van der Waals surface area contributed by atoms with Crippen molar-refractivity contribution >= 4 is 5.96 Å². The van der Waals surface area contributed by atoms with Crippen molar-refractivity contribution in [2.75, 3.05) is 26.7 Å². The van der Waals surface area contributed by atoms with Gasteiger partial charge in [-0.25, -0.2) is 0 Å². The number of aliphatic imine (C=N–C) groups is 1. The van der Waals surface area contributed by atoms with E-state index in [1.54, 1.807) is 13.4 Å². The van der Waals surface area contributed by atoms with Crippen LogP contribution in [0, 0.1) is 0 Å². The summed E-state index contributed by atoms with van der Waals surface area (Å²) in [6.07, 6.45) is 3.37. The van der Waals surface area contributed by atoms with Crippen molar-refractivity contribution in [3.05, 3.63) is 54.0 Å². The monoisotopic (exact) mass is 315 g/mol. The van der Waals surface area contributed by atoms with Crippen molar-refractivity contribution in [3.63, 3.8) is 0 Å². The average molecular weight is 315 g/mol. The van der Waals surface area contributed by atoms with E-state index in [4.69, 9.17) is 9.15 Å². The molecule has 0 unspecified atom stereocenters. The fraction of sp³-hybridized carbons (Fsp3) is 0.389. The Labute approximate surface area is 137 Å². The molecule has 1 aromatic carbocycles. The number of ether oxygens (including phenoxy) is 1. The Morgan fingerprint density at radius 2 is 2.00 bits per heavy atom. The number of rotatable bonds is 8. The van der Waals surface area contributed by atoms with E-state index in [1.165, 1.54) is 5.56 Å². The van der Waals surface area contributed by atoms with Gasteiger partial charge >= 0.3 is 0 Å². The molecule has 0 bridgehead atoms. The second kappa shape index (κ2) is 9.56. The fourth-order valence-electron chi connectivity index (χ4n) is 2.30. The molecule has 1 aromatic heterocycles. The van der Waals surface area contributed by atoms with Crippen LogP contribution in [-0.4, -0.2) is 32.7 Å². The molecular weight excluding hydrogens is 290 g/mol. The normalized spacial score (nSPS) is 11.3. The molecule has 2 aromatic rings. The molecule has 2 N–H and O–H groups in total. The van der Waals surface area contributed by atoms with Crippen LogP contribution in [-0.2, 0) is 12.8 Å². The largest absolute Gasteiger partial charge is 0.496 e. The number of nitrogens with zero attached hydrogens (tertiary/aromatic N) is 1. The Balaban J connectivity index is 1.81. The minimum atomic E-state index is 0.692. The number of hydrogen-bond acceptors (Lipinski definition) is 3. The second-order valence-corrected chi connectivity index (χ2v) is 5.08. The van der Waals surface area contributed by atoms with Gasteiger partial charge in [0.05, 0.1) is 13.4 Å². The van der Waals surface area contributed by atoms with Gasteiger partial charge in [0.1, 0.15) is 11.5 Å². The van der Waals surface area contributed by atoms with E-state index in [9.17, 15) is 0 Å². The molecule has 2 rings (SSSR count). The van der Waals surface area contributed by atoms with Gasteiger partial charge in [0, 0.05) is 26.1 Å². The highest BCUT2D eigenvalue weighted by Gasteiger charge is 2.03. The quantitative estimate of drug-likeness (QED) is 0.581. The van der Waals surface area contributed by atoms with Crippen molar-refractivity contribution < 1.29 is 9.15 Å². The minimum absolute atomic E-state index is 0.692. The highest BCUT2D eigenvalue weighted by Crippen LogP contribution is 2.17. The molecule has 0 atom stereocenters. The van der Waals surface area contributed by atoms with Crippen LogP contribution in [0.25, 0.3) is 0 Å². The second-order valence-electron chi connectivity index (χ2n) is 5.08. The van der Waals surface area contributed by atoms with Gasteiger partial charge in [-0.1, -0.05) is 18.2 Å². The fourth-order valence-corrected chi connectivity index (χ4v) is 2.30. The predicted molar refractivity (Wildman–Crippen MR) is 93.1 cm³/mol. The van der Waals surface area contributed by atoms with E-state index in [-0.39, 0.29) is 0 Å². The van der Waals surface area contributed by atoms with Crippen LogP contribution in [0.4, 0.5) is 0 Å². The molecule has 0 amide bonds. The topological polar surface area (TPSA) is 58.8 Å². The predicted octanol–water partition coefficient (Wildman–Crippen LogP) is 2.63. The van der Waals surface area contributed by atoms with Crippen molar-refractivity contribution in [1.29, 1.82) is 0 Å². The average Bonchev–Trinajstić information content (AvgIpc) is 3.08. The highest BCUT2D eigenvalue weighted by molar-refractivity contribution is 5.79. The van der Waals surface area contributed by atoms with Crippen LogP contribution in [0.1, 0.15) is 18.2 Å². The summed E-state index contributed by atoms with van der Waals surface area (Å²) in [7, 11) is 1.70. The number of furan rings is 1. The van der Waals surface area contributed by atoms with Crippen LogP contribution < -0.4 is 15.4 Å². The third-order valence-corrected chi connectivity index (χ3v) is 3.43. The lowest BCUT2D eigenvalue weighted by atomic mass is 10.1. The summed E-state index contributed by atoms with van der Waals surface area (Å²) in [5.74, 6) is 2.71. The maximum atomic E-state index is 5.37. The zero-order valence-electron chi connectivity index (χ0n) is 13.8. The first-order valence-electron chi connectivity index (χ1n) is 8.00. The molecule has 0 aliphatic rings. The Morgan fingerprint density at radius 3 is 2.74 bits per heavy atom. The van der Waals surface area contributed by atoms with E-state index in [1.807, 2.05) is 30.3 Å². The van der Waals surface area contributed by atoms with Crippen LogP contribution >= 0.6 is 0 Å². The summed E-state index contributed by atoms with van der Waals surface area (Å²) >= 11 is 0. The third-order valence-electron chi connectivity index (χ3n) is 3.43. The Kier molecular flexibility index (Phi) is 7.04. The van der Waals surface area contributed by atoms with Gasteiger partial charge in [0.15, 0.2) is 5.96 Å². The van der Waals surface area contributed by atoms with E-state index < -0.39 is 0 Å². The number of para-hydroxylation sites is 1. The highest BCUT2D eigenvalue weighted by atomic mass is 16.5. The first-order valence-corrected chi connectivity index (χ1v) is 8.00. The van der Waals surface area contributed by atoms with Gasteiger partial charge in [-0.05, 0) is 37.1 Å². The van der Waals surface area contributed by atoms with Crippen LogP contribution in [0.2, 0.25) is 0 Å². The summed E-state index contributed by atoms with van der Waals surface area (Å²) in [4.78, 5) is 4.57. The summed E-state index contributed by atoms with van der Waals surface area (Å²) in [5, 5.41) is 6.61. The molecule has 0 spiro atoms. The zero-order chi connectivity index (χ0) is 16.3. The lowest BCUT2D eigenvalue weighted by Crippen LogP contribution is -2.38. The van der Waals surface area contributed by atoms with Gasteiger partial charge in [-0.3, -0.25) is 4.99 Å². The van der Waals surface area contributed by atoms with Gasteiger partial charge in [0.25, 0.3) is 0 Å². The summed E-state index contributed by atoms with van der Waals surface area (Å²) in [6.45, 7) is 4.38. The van der Waals surface area contributed by atoms with Gasteiger partial charge in [0.2, 0.25) is 0 Å². The molecule has 124 valence electrons. The van der Waals surface area contributed by atoms with Crippen LogP contribution in [0.15, 0.2) is 52.1 Å². The van der Waals surface area contributed by atoms with Crippen LogP contribution in [0.3, 0.4) is 0 Å². The smallest absolute Gasteiger partial charge is 0.191 e. The number of guanidine groups is 1. The molecule has 0 saturated heterocycles.